The minimum Gasteiger partial charge on any atom is -0.375 e. The van der Waals surface area contributed by atoms with Crippen LogP contribution in [0, 0.1) is 17.5 Å². The van der Waals surface area contributed by atoms with E-state index in [1.165, 1.54) is 29.2 Å². The molecule has 0 atom stereocenters. The van der Waals surface area contributed by atoms with Crippen LogP contribution < -0.4 is 16.0 Å². The molecule has 0 aliphatic carbocycles. The van der Waals surface area contributed by atoms with Gasteiger partial charge in [0.1, 0.15) is 23.0 Å². The van der Waals surface area contributed by atoms with E-state index < -0.39 is 47.7 Å². The zero-order valence-corrected chi connectivity index (χ0v) is 35.6. The summed E-state index contributed by atoms with van der Waals surface area (Å²) in [6.45, 7) is 8.64. The summed E-state index contributed by atoms with van der Waals surface area (Å²) in [5.74, 6) is -3.96. The fourth-order valence-corrected chi connectivity index (χ4v) is 8.73. The molecule has 64 heavy (non-hydrogen) atoms. The number of benzene rings is 3. The van der Waals surface area contributed by atoms with E-state index in [4.69, 9.17) is 4.74 Å². The highest BCUT2D eigenvalue weighted by Gasteiger charge is 2.32. The van der Waals surface area contributed by atoms with Gasteiger partial charge in [0.05, 0.1) is 30.0 Å². The zero-order valence-electron chi connectivity index (χ0n) is 35.6. The Morgan fingerprint density at radius 3 is 2.06 bits per heavy atom. The molecule has 11 nitrogen and oxygen atoms in total. The summed E-state index contributed by atoms with van der Waals surface area (Å²) in [5.41, 5.74) is 0.970. The quantitative estimate of drug-likeness (QED) is 0.197. The Bertz CT molecular complexity index is 2540. The van der Waals surface area contributed by atoms with Gasteiger partial charge in [0.2, 0.25) is 12.3 Å². The maximum absolute atomic E-state index is 15.2. The summed E-state index contributed by atoms with van der Waals surface area (Å²) in [6, 6.07) is 12.5. The molecule has 3 saturated heterocycles. The van der Waals surface area contributed by atoms with Gasteiger partial charge in [0.15, 0.2) is 0 Å². The van der Waals surface area contributed by atoms with Crippen LogP contribution in [-0.2, 0) is 22.4 Å². The Morgan fingerprint density at radius 1 is 0.781 bits per heavy atom. The molecule has 3 aliphatic heterocycles. The molecule has 0 unspecified atom stereocenters. The van der Waals surface area contributed by atoms with Gasteiger partial charge in [-0.3, -0.25) is 24.1 Å². The Balaban J connectivity index is 0.840. The van der Waals surface area contributed by atoms with Crippen molar-refractivity contribution in [2.45, 2.75) is 64.1 Å². The topological polar surface area (TPSA) is 119 Å². The lowest BCUT2D eigenvalue weighted by Gasteiger charge is -2.38. The van der Waals surface area contributed by atoms with Crippen LogP contribution in [0.25, 0.3) is 23.3 Å². The molecule has 1 aromatic heterocycles. The number of nitrogens with one attached hydrogen (secondary N) is 1. The van der Waals surface area contributed by atoms with Crippen LogP contribution in [0.5, 0.6) is 0 Å². The zero-order chi connectivity index (χ0) is 45.5. The number of allylic oxidation sites excluding steroid dienone is 1. The van der Waals surface area contributed by atoms with E-state index >= 15 is 13.2 Å². The van der Waals surface area contributed by atoms with Crippen molar-refractivity contribution < 1.29 is 41.1 Å². The van der Waals surface area contributed by atoms with Gasteiger partial charge in [0, 0.05) is 75.6 Å². The van der Waals surface area contributed by atoms with Crippen molar-refractivity contribution in [1.29, 1.82) is 0 Å². The van der Waals surface area contributed by atoms with Gasteiger partial charge in [-0.05, 0) is 79.1 Å². The molecule has 16 heteroatoms. The molecule has 0 saturated carbocycles. The molecule has 338 valence electrons. The van der Waals surface area contributed by atoms with Crippen LogP contribution in [-0.4, -0.2) is 125 Å². The smallest absolute Gasteiger partial charge is 0.271 e. The molecule has 0 bridgehead atoms. The van der Waals surface area contributed by atoms with Crippen LogP contribution in [0.3, 0.4) is 0 Å². The van der Waals surface area contributed by atoms with Crippen molar-refractivity contribution in [3.8, 4) is 11.1 Å². The number of rotatable bonds is 12. The maximum Gasteiger partial charge on any atom is 0.271 e. The number of likely N-dealkylation sites (tertiary alicyclic amines) is 2. The van der Waals surface area contributed by atoms with Crippen molar-refractivity contribution >= 4 is 29.9 Å². The molecular formula is C48H51F5N6O5. The number of halogens is 5. The Labute approximate surface area is 367 Å². The van der Waals surface area contributed by atoms with Crippen LogP contribution >= 0.6 is 0 Å². The lowest BCUT2D eigenvalue weighted by atomic mass is 9.99. The number of carbonyl (C=O) groups excluding carboxylic acids is 3. The average Bonchev–Trinajstić information content (AvgIpc) is 3.28. The number of hydrogen-bond acceptors (Lipinski definition) is 7. The summed E-state index contributed by atoms with van der Waals surface area (Å²) < 4.78 is 77.7. The normalized spacial score (nSPS) is 17.4. The third-order valence-electron chi connectivity index (χ3n) is 12.2. The SMILES string of the molecule is C=C/C=c1/c(Cc2ccc(F)c(C(=O)N3CCN(C(=O)CN4CCC(OC5CCN(C(=O)c6c(F)cc(-c7cccc(CC(F)F)c7)cc6F)CC5)CC4)CC3)c2)n[nH]c(=O)/c1=C/C. The van der Waals surface area contributed by atoms with Crippen LogP contribution in [0.4, 0.5) is 22.0 Å². The number of alkyl halides is 2. The first-order valence-corrected chi connectivity index (χ1v) is 21.6. The summed E-state index contributed by atoms with van der Waals surface area (Å²) >= 11 is 0. The molecule has 4 heterocycles. The first-order valence-electron chi connectivity index (χ1n) is 21.6. The predicted octanol–water partition coefficient (Wildman–Crippen LogP) is 5.09. The van der Waals surface area contributed by atoms with E-state index in [-0.39, 0.29) is 73.9 Å². The summed E-state index contributed by atoms with van der Waals surface area (Å²) in [4.78, 5) is 59.2. The number of H-pyrrole nitrogens is 1. The van der Waals surface area contributed by atoms with Gasteiger partial charge in [-0.2, -0.15) is 5.10 Å². The average molecular weight is 887 g/mol. The van der Waals surface area contributed by atoms with Crippen molar-refractivity contribution in [3.63, 3.8) is 0 Å². The molecule has 3 aromatic carbocycles. The van der Waals surface area contributed by atoms with E-state index in [0.717, 1.165) is 12.1 Å². The number of ether oxygens (including phenoxy) is 1. The third kappa shape index (κ3) is 10.8. The lowest BCUT2D eigenvalue weighted by molar-refractivity contribution is -0.135. The van der Waals surface area contributed by atoms with E-state index in [1.54, 1.807) is 53.2 Å². The first-order chi connectivity index (χ1) is 30.8. The Kier molecular flexibility index (Phi) is 14.9. The van der Waals surface area contributed by atoms with Gasteiger partial charge in [0.25, 0.3) is 17.4 Å². The second-order valence-electron chi connectivity index (χ2n) is 16.4. The molecule has 1 N–H and O–H groups in total. The van der Waals surface area contributed by atoms with E-state index in [2.05, 4.69) is 21.7 Å². The number of nitrogens with zero attached hydrogens (tertiary/aromatic N) is 5. The molecule has 3 fully saturated rings. The Morgan fingerprint density at radius 2 is 1.42 bits per heavy atom. The largest absolute Gasteiger partial charge is 0.375 e. The molecule has 3 aliphatic rings. The first kappa shape index (κ1) is 46.0. The fraction of sp³-hybridized carbons (Fsp3) is 0.396. The molecule has 4 aromatic rings. The van der Waals surface area contributed by atoms with Crippen molar-refractivity contribution in [3.05, 3.63) is 133 Å². The number of amides is 3. The maximum atomic E-state index is 15.2. The van der Waals surface area contributed by atoms with Gasteiger partial charge < -0.3 is 19.4 Å². The Hall–Kier alpha value is -6.00. The van der Waals surface area contributed by atoms with Crippen LogP contribution in [0.1, 0.15) is 70.1 Å². The highest BCUT2D eigenvalue weighted by atomic mass is 19.3. The number of aromatic nitrogens is 2. The highest BCUT2D eigenvalue weighted by Crippen LogP contribution is 2.29. The number of carbonyl (C=O) groups is 3. The van der Waals surface area contributed by atoms with Gasteiger partial charge in [-0.15, -0.1) is 0 Å². The number of aromatic amines is 1. The molecule has 7 rings (SSSR count). The number of piperidine rings is 2. The number of hydrogen-bond donors (Lipinski definition) is 1. The minimum absolute atomic E-state index is 0.0403. The number of piperazine rings is 1. The minimum atomic E-state index is -2.56. The monoisotopic (exact) mass is 886 g/mol. The van der Waals surface area contributed by atoms with Crippen LogP contribution in [0.2, 0.25) is 0 Å². The summed E-state index contributed by atoms with van der Waals surface area (Å²) in [5, 5.41) is 7.73. The third-order valence-corrected chi connectivity index (χ3v) is 12.2. The van der Waals surface area contributed by atoms with Gasteiger partial charge >= 0.3 is 0 Å². The summed E-state index contributed by atoms with van der Waals surface area (Å²) in [7, 11) is 0. The second kappa shape index (κ2) is 20.7. The fourth-order valence-electron chi connectivity index (χ4n) is 8.73. The predicted molar refractivity (Wildman–Crippen MR) is 232 cm³/mol. The molecular weight excluding hydrogens is 836 g/mol. The van der Waals surface area contributed by atoms with Crippen molar-refractivity contribution in [1.82, 2.24) is 29.8 Å². The van der Waals surface area contributed by atoms with E-state index in [1.807, 2.05) is 0 Å². The van der Waals surface area contributed by atoms with Crippen LogP contribution in [0.15, 0.2) is 72.0 Å². The lowest BCUT2D eigenvalue weighted by Crippen LogP contribution is -2.53. The second-order valence-corrected chi connectivity index (χ2v) is 16.4. The van der Waals surface area contributed by atoms with Gasteiger partial charge in [-0.25, -0.2) is 27.1 Å². The van der Waals surface area contributed by atoms with Crippen molar-refractivity contribution in [2.24, 2.45) is 0 Å². The molecule has 3 amide bonds. The molecule has 0 radical (unpaired) electrons. The standard InChI is InChI=1S/C48H51F5N6O5/c1-3-6-37-36(4-2)46(61)55-54-42(37)25-31-9-10-39(49)38(24-31)47(62)59-21-19-57(20-22-59)44(60)29-56-15-11-34(12-16-56)64-35-13-17-58(18-14-35)48(63)45-40(50)27-33(28-41(45)51)32-8-5-7-30(23-32)26-43(52)53/h3-10,23-24,27-28,34-35,43H,1,11-22,25-26,29H2,2H3,(H,55,61)/b36-4+,37-6+. The van der Waals surface area contributed by atoms with Gasteiger partial charge in [-0.1, -0.05) is 55.1 Å². The highest BCUT2D eigenvalue weighted by molar-refractivity contribution is 5.96. The molecule has 0 spiro atoms. The van der Waals surface area contributed by atoms with E-state index in [0.29, 0.717) is 84.7 Å². The summed E-state index contributed by atoms with van der Waals surface area (Å²) in [6.07, 6.45) is 4.36. The van der Waals surface area contributed by atoms with E-state index in [9.17, 15) is 28.0 Å². The van der Waals surface area contributed by atoms with Crippen molar-refractivity contribution in [2.75, 3.05) is 58.9 Å².